The number of hydrogen-bond donors (Lipinski definition) is 2. The zero-order valence-electron chi connectivity index (χ0n) is 13.7. The molecule has 25 heavy (non-hydrogen) atoms. The van der Waals surface area contributed by atoms with E-state index in [4.69, 9.17) is 19.0 Å². The SMILES string of the molecule is COc1cnc(-n2cnc(C)n2)c2c1c(C(C)=O)cn2COP(O)O. The Morgan fingerprint density at radius 2 is 2.12 bits per heavy atom. The second kappa shape index (κ2) is 6.85. The molecule has 0 aromatic carbocycles. The molecule has 0 bridgehead atoms. The van der Waals surface area contributed by atoms with E-state index >= 15 is 0 Å². The fourth-order valence-electron chi connectivity index (χ4n) is 2.54. The summed E-state index contributed by atoms with van der Waals surface area (Å²) in [4.78, 5) is 38.6. The van der Waals surface area contributed by atoms with Crippen LogP contribution in [0.1, 0.15) is 23.1 Å². The van der Waals surface area contributed by atoms with Gasteiger partial charge in [0.05, 0.1) is 18.7 Å². The van der Waals surface area contributed by atoms with Crippen molar-refractivity contribution in [3.63, 3.8) is 0 Å². The minimum absolute atomic E-state index is 0.177. The van der Waals surface area contributed by atoms with Gasteiger partial charge in [-0.25, -0.2) is 14.6 Å². The molecule has 0 spiro atoms. The molecule has 3 aromatic rings. The standard InChI is InChI=1S/C14H16N5O5P/c1-8(20)10-5-18(7-24-25(21)22)13-12(10)11(23-3)4-15-14(13)19-6-16-9(2)17-19/h4-6,21-22H,7H2,1-3H3. The molecule has 3 heterocycles. The number of aromatic nitrogens is 5. The Hall–Kier alpha value is -2.39. The van der Waals surface area contributed by atoms with E-state index in [1.54, 1.807) is 17.7 Å². The third kappa shape index (κ3) is 3.24. The fraction of sp³-hybridized carbons (Fsp3) is 0.286. The van der Waals surface area contributed by atoms with Crippen LogP contribution in [0.25, 0.3) is 16.7 Å². The molecular formula is C14H16N5O5P. The average Bonchev–Trinajstić information content (AvgIpc) is 3.16. The number of fused-ring (bicyclic) bond motifs is 1. The monoisotopic (exact) mass is 365 g/mol. The van der Waals surface area contributed by atoms with Gasteiger partial charge < -0.3 is 19.1 Å². The predicted octanol–water partition coefficient (Wildman–Crippen LogP) is 1.32. The van der Waals surface area contributed by atoms with E-state index < -0.39 is 8.60 Å². The Kier molecular flexibility index (Phi) is 4.78. The van der Waals surface area contributed by atoms with Crippen LogP contribution in [0.5, 0.6) is 5.75 Å². The molecule has 0 fully saturated rings. The lowest BCUT2D eigenvalue weighted by molar-refractivity contribution is 0.101. The van der Waals surface area contributed by atoms with Crippen LogP contribution in [0.4, 0.5) is 0 Å². The normalized spacial score (nSPS) is 11.4. The van der Waals surface area contributed by atoms with Crippen molar-refractivity contribution in [3.05, 3.63) is 30.1 Å². The van der Waals surface area contributed by atoms with Gasteiger partial charge in [-0.2, -0.15) is 5.10 Å². The van der Waals surface area contributed by atoms with Gasteiger partial charge in [0, 0.05) is 11.8 Å². The number of rotatable bonds is 6. The van der Waals surface area contributed by atoms with Crippen LogP contribution in [0.3, 0.4) is 0 Å². The molecule has 3 rings (SSSR count). The van der Waals surface area contributed by atoms with E-state index in [1.807, 2.05) is 0 Å². The number of Topliss-reactive ketones (excluding diaryl/α,β-unsaturated/α-hetero) is 1. The van der Waals surface area contributed by atoms with E-state index in [0.717, 1.165) is 0 Å². The van der Waals surface area contributed by atoms with Crippen molar-refractivity contribution < 1.29 is 23.8 Å². The smallest absolute Gasteiger partial charge is 0.328 e. The van der Waals surface area contributed by atoms with Crippen LogP contribution in [-0.4, -0.2) is 47.0 Å². The van der Waals surface area contributed by atoms with Gasteiger partial charge in [0.15, 0.2) is 11.6 Å². The summed E-state index contributed by atoms with van der Waals surface area (Å²) in [5.41, 5.74) is 0.905. The van der Waals surface area contributed by atoms with Gasteiger partial charge in [-0.05, 0) is 13.8 Å². The Labute approximate surface area is 143 Å². The molecule has 0 radical (unpaired) electrons. The second-order valence-corrected chi connectivity index (χ2v) is 5.95. The highest BCUT2D eigenvalue weighted by Crippen LogP contribution is 2.35. The average molecular weight is 365 g/mol. The maximum atomic E-state index is 12.1. The first-order valence-electron chi connectivity index (χ1n) is 7.18. The van der Waals surface area contributed by atoms with Gasteiger partial charge in [0.2, 0.25) is 0 Å². The highest BCUT2D eigenvalue weighted by molar-refractivity contribution is 7.39. The van der Waals surface area contributed by atoms with Crippen molar-refractivity contribution >= 4 is 25.3 Å². The van der Waals surface area contributed by atoms with Crippen molar-refractivity contribution in [2.24, 2.45) is 0 Å². The molecule has 0 atom stereocenters. The summed E-state index contributed by atoms with van der Waals surface area (Å²) in [5, 5.41) is 4.78. The number of hydrogen-bond acceptors (Lipinski definition) is 8. The minimum Gasteiger partial charge on any atom is -0.494 e. The molecule has 10 nitrogen and oxygen atoms in total. The molecule has 3 aromatic heterocycles. The maximum Gasteiger partial charge on any atom is 0.328 e. The van der Waals surface area contributed by atoms with E-state index in [-0.39, 0.29) is 12.5 Å². The summed E-state index contributed by atoms with van der Waals surface area (Å²) >= 11 is 0. The molecular weight excluding hydrogens is 349 g/mol. The lowest BCUT2D eigenvalue weighted by Crippen LogP contribution is -2.05. The minimum atomic E-state index is -2.55. The number of methoxy groups -OCH3 is 1. The molecule has 0 aliphatic rings. The summed E-state index contributed by atoms with van der Waals surface area (Å²) in [6.07, 6.45) is 4.56. The Morgan fingerprint density at radius 1 is 1.36 bits per heavy atom. The summed E-state index contributed by atoms with van der Waals surface area (Å²) < 4.78 is 13.3. The van der Waals surface area contributed by atoms with Gasteiger partial charge in [-0.3, -0.25) is 9.32 Å². The molecule has 0 aliphatic carbocycles. The lowest BCUT2D eigenvalue weighted by Gasteiger charge is -2.11. The van der Waals surface area contributed by atoms with Crippen LogP contribution in [-0.2, 0) is 11.3 Å². The quantitative estimate of drug-likeness (QED) is 0.495. The number of carbonyl (C=O) groups excluding carboxylic acids is 1. The molecule has 0 aliphatic heterocycles. The molecule has 0 amide bonds. The first kappa shape index (κ1) is 17.4. The molecule has 0 unspecified atom stereocenters. The molecule has 0 saturated carbocycles. The van der Waals surface area contributed by atoms with Gasteiger partial charge in [-0.1, -0.05) is 0 Å². The highest BCUT2D eigenvalue weighted by Gasteiger charge is 2.22. The van der Waals surface area contributed by atoms with Crippen molar-refractivity contribution in [1.29, 1.82) is 0 Å². The lowest BCUT2D eigenvalue weighted by atomic mass is 10.1. The molecule has 11 heteroatoms. The van der Waals surface area contributed by atoms with Crippen LogP contribution in [0.15, 0.2) is 18.7 Å². The van der Waals surface area contributed by atoms with E-state index in [9.17, 15) is 4.79 Å². The van der Waals surface area contributed by atoms with Crippen molar-refractivity contribution in [3.8, 4) is 11.6 Å². The highest BCUT2D eigenvalue weighted by atomic mass is 31.2. The number of aryl methyl sites for hydroxylation is 1. The Morgan fingerprint density at radius 3 is 2.68 bits per heavy atom. The Balaban J connectivity index is 2.31. The van der Waals surface area contributed by atoms with Crippen LogP contribution in [0.2, 0.25) is 0 Å². The number of pyridine rings is 1. The fourth-order valence-corrected chi connectivity index (χ4v) is 2.77. The molecule has 132 valence electrons. The Bertz CT molecular complexity index is 935. The summed E-state index contributed by atoms with van der Waals surface area (Å²) in [7, 11) is -1.07. The maximum absolute atomic E-state index is 12.1. The number of ether oxygens (including phenoxy) is 1. The van der Waals surface area contributed by atoms with Crippen molar-refractivity contribution in [1.82, 2.24) is 24.3 Å². The van der Waals surface area contributed by atoms with E-state index in [1.165, 1.54) is 31.2 Å². The van der Waals surface area contributed by atoms with Gasteiger partial charge in [-0.15, -0.1) is 0 Å². The zero-order valence-corrected chi connectivity index (χ0v) is 14.6. The van der Waals surface area contributed by atoms with Crippen molar-refractivity contribution in [2.75, 3.05) is 7.11 Å². The van der Waals surface area contributed by atoms with Gasteiger partial charge >= 0.3 is 8.60 Å². The molecule has 0 saturated heterocycles. The first-order chi connectivity index (χ1) is 11.9. The summed E-state index contributed by atoms with van der Waals surface area (Å²) in [6.45, 7) is 2.99. The topological polar surface area (TPSA) is 125 Å². The number of nitrogens with zero attached hydrogens (tertiary/aromatic N) is 5. The van der Waals surface area contributed by atoms with Crippen molar-refractivity contribution in [2.45, 2.75) is 20.6 Å². The van der Waals surface area contributed by atoms with Gasteiger partial charge in [0.1, 0.15) is 30.1 Å². The second-order valence-electron chi connectivity index (χ2n) is 5.19. The summed E-state index contributed by atoms with van der Waals surface area (Å²) in [5.74, 6) is 1.20. The molecule has 2 N–H and O–H groups in total. The summed E-state index contributed by atoms with van der Waals surface area (Å²) in [6, 6.07) is 0. The first-order valence-corrected chi connectivity index (χ1v) is 8.35. The number of ketones is 1. The number of carbonyl (C=O) groups is 1. The van der Waals surface area contributed by atoms with Crippen LogP contribution >= 0.6 is 8.60 Å². The third-order valence-corrected chi connectivity index (χ3v) is 3.92. The van der Waals surface area contributed by atoms with Crippen LogP contribution in [0, 0.1) is 6.92 Å². The zero-order chi connectivity index (χ0) is 18.1. The van der Waals surface area contributed by atoms with E-state index in [2.05, 4.69) is 15.1 Å². The third-order valence-electron chi connectivity index (χ3n) is 3.58. The van der Waals surface area contributed by atoms with E-state index in [0.29, 0.717) is 33.9 Å². The van der Waals surface area contributed by atoms with Crippen LogP contribution < -0.4 is 4.74 Å². The van der Waals surface area contributed by atoms with Gasteiger partial charge in [0.25, 0.3) is 0 Å². The largest absolute Gasteiger partial charge is 0.494 e. The predicted molar refractivity (Wildman–Crippen MR) is 88.4 cm³/mol.